The lowest BCUT2D eigenvalue weighted by Gasteiger charge is -2.09. The Kier molecular flexibility index (Phi) is 7.59. The van der Waals surface area contributed by atoms with E-state index in [1.807, 2.05) is 6.07 Å². The maximum absolute atomic E-state index is 12.3. The van der Waals surface area contributed by atoms with Gasteiger partial charge in [0.15, 0.2) is 5.82 Å². The number of azo groups is 1. The number of ether oxygens (including phenoxy) is 2. The molecule has 184 valence electrons. The van der Waals surface area contributed by atoms with E-state index in [-0.39, 0.29) is 24.2 Å². The van der Waals surface area contributed by atoms with Crippen molar-refractivity contribution in [3.8, 4) is 22.9 Å². The van der Waals surface area contributed by atoms with Gasteiger partial charge in [0.05, 0.1) is 13.7 Å². The van der Waals surface area contributed by atoms with E-state index in [1.54, 1.807) is 49.6 Å². The van der Waals surface area contributed by atoms with Crippen LogP contribution in [-0.4, -0.2) is 28.4 Å². The summed E-state index contributed by atoms with van der Waals surface area (Å²) in [4.78, 5) is 13.2. The van der Waals surface area contributed by atoms with Gasteiger partial charge in [0.25, 0.3) is 5.95 Å². The Morgan fingerprint density at radius 2 is 1.67 bits per heavy atom. The van der Waals surface area contributed by atoms with Gasteiger partial charge in [-0.15, -0.1) is 18.3 Å². The number of nitrogens with one attached hydrogen (secondary N) is 1. The summed E-state index contributed by atoms with van der Waals surface area (Å²) in [5.74, 6) is 0.912. The first-order valence-corrected chi connectivity index (χ1v) is 10.8. The Bertz CT molecular complexity index is 1350. The molecule has 4 rings (SSSR count). The molecule has 8 nitrogen and oxygen atoms in total. The second-order valence-corrected chi connectivity index (χ2v) is 7.67. The summed E-state index contributed by atoms with van der Waals surface area (Å²) in [6, 6.07) is 19.5. The summed E-state index contributed by atoms with van der Waals surface area (Å²) >= 11 is 5.95. The summed E-state index contributed by atoms with van der Waals surface area (Å²) in [5.41, 5.74) is 1.99. The zero-order valence-electron chi connectivity index (χ0n) is 18.7. The SMILES string of the molecule is COc1cccc(-c2nc(N=NCc3ccc(OC(F)(F)F)cc3)nc(Nc3ccc(Cl)cc3)n2)c1. The Labute approximate surface area is 208 Å². The first-order valence-electron chi connectivity index (χ1n) is 10.4. The van der Waals surface area contributed by atoms with E-state index in [0.717, 1.165) is 0 Å². The molecule has 1 N–H and O–H groups in total. The van der Waals surface area contributed by atoms with Gasteiger partial charge in [0, 0.05) is 16.3 Å². The molecule has 0 saturated heterocycles. The summed E-state index contributed by atoms with van der Waals surface area (Å²) in [6.07, 6.45) is -4.75. The highest BCUT2D eigenvalue weighted by atomic mass is 35.5. The first kappa shape index (κ1) is 24.9. The van der Waals surface area contributed by atoms with Gasteiger partial charge in [-0.05, 0) is 54.1 Å². The molecule has 4 aromatic rings. The predicted molar refractivity (Wildman–Crippen MR) is 128 cm³/mol. The summed E-state index contributed by atoms with van der Waals surface area (Å²) < 4.78 is 46.1. The van der Waals surface area contributed by atoms with E-state index in [9.17, 15) is 13.2 Å². The first-order chi connectivity index (χ1) is 17.3. The molecular formula is C24H18ClF3N6O2. The Morgan fingerprint density at radius 3 is 2.36 bits per heavy atom. The van der Waals surface area contributed by atoms with Crippen LogP contribution in [0.2, 0.25) is 5.02 Å². The molecule has 0 aliphatic carbocycles. The zero-order chi connectivity index (χ0) is 25.5. The molecule has 0 atom stereocenters. The average molecular weight is 515 g/mol. The van der Waals surface area contributed by atoms with Crippen molar-refractivity contribution in [1.29, 1.82) is 0 Å². The summed E-state index contributed by atoms with van der Waals surface area (Å²) in [6.45, 7) is 0.0897. The van der Waals surface area contributed by atoms with Crippen molar-refractivity contribution in [2.75, 3.05) is 12.4 Å². The van der Waals surface area contributed by atoms with Crippen molar-refractivity contribution in [2.24, 2.45) is 10.2 Å². The zero-order valence-corrected chi connectivity index (χ0v) is 19.5. The van der Waals surface area contributed by atoms with Crippen LogP contribution in [0.1, 0.15) is 5.56 Å². The van der Waals surface area contributed by atoms with Crippen molar-refractivity contribution in [2.45, 2.75) is 12.9 Å². The highest BCUT2D eigenvalue weighted by molar-refractivity contribution is 6.30. The Morgan fingerprint density at radius 1 is 0.917 bits per heavy atom. The molecule has 3 aromatic carbocycles. The van der Waals surface area contributed by atoms with Crippen LogP contribution in [0.3, 0.4) is 0 Å². The van der Waals surface area contributed by atoms with Crippen LogP contribution in [-0.2, 0) is 6.54 Å². The molecule has 0 radical (unpaired) electrons. The van der Waals surface area contributed by atoms with E-state index in [4.69, 9.17) is 16.3 Å². The Balaban J connectivity index is 1.57. The second-order valence-electron chi connectivity index (χ2n) is 7.24. The molecule has 0 fully saturated rings. The van der Waals surface area contributed by atoms with Gasteiger partial charge in [0.2, 0.25) is 5.95 Å². The maximum Gasteiger partial charge on any atom is 0.573 e. The van der Waals surface area contributed by atoms with E-state index in [1.165, 1.54) is 24.3 Å². The minimum atomic E-state index is -4.75. The molecule has 0 amide bonds. The standard InChI is InChI=1S/C24H18ClF3N6O2/c1-35-20-4-2-3-16(13-20)21-31-22(30-18-9-7-17(25)8-10-18)33-23(32-21)34-29-14-15-5-11-19(12-6-15)36-24(26,27)28/h2-13H,14H2,1H3,(H,30,31,32,33). The van der Waals surface area contributed by atoms with E-state index in [2.05, 4.69) is 35.2 Å². The van der Waals surface area contributed by atoms with Crippen LogP contribution in [0.5, 0.6) is 11.5 Å². The number of rotatable bonds is 8. The van der Waals surface area contributed by atoms with Crippen LogP contribution in [0.4, 0.5) is 30.8 Å². The average Bonchev–Trinajstić information content (AvgIpc) is 2.85. The fourth-order valence-electron chi connectivity index (χ4n) is 3.00. The highest BCUT2D eigenvalue weighted by Crippen LogP contribution is 2.26. The van der Waals surface area contributed by atoms with Crippen LogP contribution < -0.4 is 14.8 Å². The van der Waals surface area contributed by atoms with Gasteiger partial charge in [-0.25, -0.2) is 0 Å². The Hall–Kier alpha value is -4.25. The third-order valence-corrected chi connectivity index (χ3v) is 4.87. The number of methoxy groups -OCH3 is 1. The largest absolute Gasteiger partial charge is 0.573 e. The number of anilines is 2. The number of benzene rings is 3. The number of alkyl halides is 3. The van der Waals surface area contributed by atoms with Crippen molar-refractivity contribution in [3.63, 3.8) is 0 Å². The molecule has 0 bridgehead atoms. The van der Waals surface area contributed by atoms with Crippen LogP contribution >= 0.6 is 11.6 Å². The van der Waals surface area contributed by atoms with Crippen molar-refractivity contribution in [1.82, 2.24) is 15.0 Å². The minimum absolute atomic E-state index is 0.0382. The fourth-order valence-corrected chi connectivity index (χ4v) is 3.12. The highest BCUT2D eigenvalue weighted by Gasteiger charge is 2.30. The second kappa shape index (κ2) is 11.0. The molecule has 0 aliphatic heterocycles. The van der Waals surface area contributed by atoms with E-state index in [0.29, 0.717) is 33.4 Å². The van der Waals surface area contributed by atoms with Gasteiger partial charge in [-0.3, -0.25) is 0 Å². The topological polar surface area (TPSA) is 93.9 Å². The molecule has 1 heterocycles. The molecule has 0 saturated carbocycles. The molecular weight excluding hydrogens is 497 g/mol. The molecule has 0 spiro atoms. The molecule has 36 heavy (non-hydrogen) atoms. The normalized spacial score (nSPS) is 11.5. The van der Waals surface area contributed by atoms with Crippen molar-refractivity contribution in [3.05, 3.63) is 83.4 Å². The smallest absolute Gasteiger partial charge is 0.497 e. The predicted octanol–water partition coefficient (Wildman–Crippen LogP) is 7.13. The van der Waals surface area contributed by atoms with Gasteiger partial charge >= 0.3 is 6.36 Å². The summed E-state index contributed by atoms with van der Waals surface area (Å²) in [7, 11) is 1.56. The molecule has 0 aliphatic rings. The number of aromatic nitrogens is 3. The number of nitrogens with zero attached hydrogens (tertiary/aromatic N) is 5. The molecule has 1 aromatic heterocycles. The van der Waals surface area contributed by atoms with Crippen molar-refractivity contribution >= 4 is 29.2 Å². The van der Waals surface area contributed by atoms with E-state index < -0.39 is 6.36 Å². The van der Waals surface area contributed by atoms with E-state index >= 15 is 0 Å². The molecule has 0 unspecified atom stereocenters. The lowest BCUT2D eigenvalue weighted by Crippen LogP contribution is -2.16. The van der Waals surface area contributed by atoms with Crippen LogP contribution in [0.25, 0.3) is 11.4 Å². The third-order valence-electron chi connectivity index (χ3n) is 4.62. The lowest BCUT2D eigenvalue weighted by atomic mass is 10.2. The summed E-state index contributed by atoms with van der Waals surface area (Å²) in [5, 5.41) is 11.8. The fraction of sp³-hybridized carbons (Fsp3) is 0.125. The van der Waals surface area contributed by atoms with Gasteiger partial charge in [-0.1, -0.05) is 35.9 Å². The van der Waals surface area contributed by atoms with Crippen molar-refractivity contribution < 1.29 is 22.6 Å². The van der Waals surface area contributed by atoms with Gasteiger partial charge < -0.3 is 14.8 Å². The number of hydrogen-bond donors (Lipinski definition) is 1. The minimum Gasteiger partial charge on any atom is -0.497 e. The lowest BCUT2D eigenvalue weighted by molar-refractivity contribution is -0.274. The number of hydrogen-bond acceptors (Lipinski definition) is 8. The molecule has 12 heteroatoms. The van der Waals surface area contributed by atoms with Gasteiger partial charge in [-0.2, -0.15) is 20.1 Å². The van der Waals surface area contributed by atoms with Crippen LogP contribution in [0, 0.1) is 0 Å². The monoisotopic (exact) mass is 514 g/mol. The third kappa shape index (κ3) is 7.12. The number of halogens is 4. The van der Waals surface area contributed by atoms with Gasteiger partial charge in [0.1, 0.15) is 11.5 Å². The van der Waals surface area contributed by atoms with Crippen LogP contribution in [0.15, 0.2) is 83.0 Å². The maximum atomic E-state index is 12.3. The quantitative estimate of drug-likeness (QED) is 0.251.